The summed E-state index contributed by atoms with van der Waals surface area (Å²) in [7, 11) is 1.66. The van der Waals surface area contributed by atoms with Gasteiger partial charge in [0.2, 0.25) is 0 Å². The third-order valence-electron chi connectivity index (χ3n) is 3.15. The Morgan fingerprint density at radius 2 is 1.75 bits per heavy atom. The van der Waals surface area contributed by atoms with Crippen LogP contribution in [0.5, 0.6) is 11.5 Å². The molecule has 3 nitrogen and oxygen atoms in total. The van der Waals surface area contributed by atoms with Gasteiger partial charge in [0.15, 0.2) is 0 Å². The van der Waals surface area contributed by atoms with Gasteiger partial charge >= 0.3 is 0 Å². The highest BCUT2D eigenvalue weighted by Gasteiger charge is 2.03. The summed E-state index contributed by atoms with van der Waals surface area (Å²) in [5.74, 6) is 1.65. The maximum Gasteiger partial charge on any atom is 0.146 e. The Morgan fingerprint density at radius 1 is 0.950 bits per heavy atom. The quantitative estimate of drug-likeness (QED) is 0.718. The zero-order valence-electron chi connectivity index (χ0n) is 11.2. The van der Waals surface area contributed by atoms with Gasteiger partial charge < -0.3 is 9.47 Å². The molecule has 3 rings (SSSR count). The molecule has 0 spiro atoms. The van der Waals surface area contributed by atoms with Crippen molar-refractivity contribution in [3.63, 3.8) is 0 Å². The third kappa shape index (κ3) is 2.57. The van der Waals surface area contributed by atoms with Crippen LogP contribution >= 0.6 is 0 Å². The molecule has 0 amide bonds. The largest absolute Gasteiger partial charge is 0.497 e. The molecule has 0 unspecified atom stereocenters. The molecule has 1 aromatic heterocycles. The van der Waals surface area contributed by atoms with Gasteiger partial charge in [0, 0.05) is 11.6 Å². The van der Waals surface area contributed by atoms with Crippen molar-refractivity contribution in [1.82, 2.24) is 4.98 Å². The Labute approximate surface area is 117 Å². The average molecular weight is 265 g/mol. The summed E-state index contributed by atoms with van der Waals surface area (Å²) < 4.78 is 11.0. The number of pyridine rings is 1. The minimum atomic E-state index is 0.514. The molecule has 2 aromatic carbocycles. The van der Waals surface area contributed by atoms with Gasteiger partial charge in [-0.05, 0) is 29.8 Å². The molecule has 0 fully saturated rings. The minimum absolute atomic E-state index is 0.514. The van der Waals surface area contributed by atoms with Crippen molar-refractivity contribution in [2.45, 2.75) is 6.61 Å². The average Bonchev–Trinajstić information content (AvgIpc) is 2.53. The number of fused-ring (bicyclic) bond motifs is 1. The Morgan fingerprint density at radius 3 is 2.55 bits per heavy atom. The molecule has 0 radical (unpaired) electrons. The van der Waals surface area contributed by atoms with Crippen molar-refractivity contribution < 1.29 is 9.47 Å². The number of methoxy groups -OCH3 is 1. The predicted molar refractivity (Wildman–Crippen MR) is 79.1 cm³/mol. The third-order valence-corrected chi connectivity index (χ3v) is 3.15. The van der Waals surface area contributed by atoms with E-state index >= 15 is 0 Å². The van der Waals surface area contributed by atoms with Crippen molar-refractivity contribution in [3.05, 3.63) is 66.4 Å². The van der Waals surface area contributed by atoms with Crippen LogP contribution in [-0.4, -0.2) is 12.1 Å². The van der Waals surface area contributed by atoms with E-state index in [9.17, 15) is 0 Å². The van der Waals surface area contributed by atoms with Crippen LogP contribution in [0.25, 0.3) is 10.9 Å². The van der Waals surface area contributed by atoms with Gasteiger partial charge in [0.1, 0.15) is 23.6 Å². The number of ether oxygens (including phenoxy) is 2. The van der Waals surface area contributed by atoms with Gasteiger partial charge in [-0.15, -0.1) is 0 Å². The fraction of sp³-hybridized carbons (Fsp3) is 0.118. The van der Waals surface area contributed by atoms with Crippen molar-refractivity contribution in [1.29, 1.82) is 0 Å². The summed E-state index contributed by atoms with van der Waals surface area (Å²) in [6, 6.07) is 17.8. The van der Waals surface area contributed by atoms with Gasteiger partial charge in [-0.1, -0.05) is 30.3 Å². The van der Waals surface area contributed by atoms with Crippen molar-refractivity contribution >= 4 is 10.9 Å². The Hall–Kier alpha value is -2.55. The normalized spacial score (nSPS) is 10.4. The summed E-state index contributed by atoms with van der Waals surface area (Å²) in [5, 5.41) is 1.08. The van der Waals surface area contributed by atoms with Crippen molar-refractivity contribution in [3.8, 4) is 11.5 Å². The summed E-state index contributed by atoms with van der Waals surface area (Å²) in [4.78, 5) is 4.38. The Kier molecular flexibility index (Phi) is 3.50. The van der Waals surface area contributed by atoms with Gasteiger partial charge in [-0.25, -0.2) is 0 Å². The standard InChI is InChI=1S/C17H15NO2/c1-19-15-9-7-13(8-10-15)12-20-16-6-2-4-14-5-3-11-18-17(14)16/h2-11H,12H2,1H3. The Bertz CT molecular complexity index is 702. The number of aromatic nitrogens is 1. The van der Waals surface area contributed by atoms with Gasteiger partial charge in [-0.2, -0.15) is 0 Å². The molecule has 0 atom stereocenters. The van der Waals surface area contributed by atoms with E-state index < -0.39 is 0 Å². The highest BCUT2D eigenvalue weighted by molar-refractivity contribution is 5.84. The van der Waals surface area contributed by atoms with Crippen LogP contribution in [0, 0.1) is 0 Å². The first-order valence-electron chi connectivity index (χ1n) is 6.46. The molecule has 0 bridgehead atoms. The second-order valence-corrected chi connectivity index (χ2v) is 4.47. The number of nitrogens with zero attached hydrogens (tertiary/aromatic N) is 1. The van der Waals surface area contributed by atoms with E-state index in [0.717, 1.165) is 28.0 Å². The van der Waals surface area contributed by atoms with Crippen LogP contribution in [-0.2, 0) is 6.61 Å². The lowest BCUT2D eigenvalue weighted by Crippen LogP contribution is -1.96. The molecule has 0 aliphatic carbocycles. The van der Waals surface area contributed by atoms with Crippen LogP contribution in [0.2, 0.25) is 0 Å². The molecule has 1 heterocycles. The van der Waals surface area contributed by atoms with Crippen molar-refractivity contribution in [2.24, 2.45) is 0 Å². The zero-order chi connectivity index (χ0) is 13.8. The smallest absolute Gasteiger partial charge is 0.146 e. The lowest BCUT2D eigenvalue weighted by Gasteiger charge is -2.09. The SMILES string of the molecule is COc1ccc(COc2cccc3cccnc23)cc1. The molecule has 3 aromatic rings. The van der Waals surface area contributed by atoms with E-state index in [1.165, 1.54) is 0 Å². The molecular formula is C17H15NO2. The maximum atomic E-state index is 5.88. The molecule has 0 N–H and O–H groups in total. The molecule has 0 saturated carbocycles. The van der Waals surface area contributed by atoms with E-state index in [0.29, 0.717) is 6.61 Å². The van der Waals surface area contributed by atoms with E-state index in [-0.39, 0.29) is 0 Å². The second-order valence-electron chi connectivity index (χ2n) is 4.47. The number of hydrogen-bond acceptors (Lipinski definition) is 3. The fourth-order valence-electron chi connectivity index (χ4n) is 2.08. The van der Waals surface area contributed by atoms with Crippen LogP contribution in [0.1, 0.15) is 5.56 Å². The fourth-order valence-corrected chi connectivity index (χ4v) is 2.08. The van der Waals surface area contributed by atoms with Gasteiger partial charge in [0.25, 0.3) is 0 Å². The minimum Gasteiger partial charge on any atom is -0.497 e. The van der Waals surface area contributed by atoms with E-state index in [4.69, 9.17) is 9.47 Å². The summed E-state index contributed by atoms with van der Waals surface area (Å²) in [6.07, 6.45) is 1.78. The first-order valence-corrected chi connectivity index (χ1v) is 6.46. The number of hydrogen-bond donors (Lipinski definition) is 0. The maximum absolute atomic E-state index is 5.88. The monoisotopic (exact) mass is 265 g/mol. The number of benzene rings is 2. The molecule has 0 aliphatic rings. The van der Waals surface area contributed by atoms with Gasteiger partial charge in [0.05, 0.1) is 7.11 Å². The van der Waals surface area contributed by atoms with Crippen molar-refractivity contribution in [2.75, 3.05) is 7.11 Å². The van der Waals surface area contributed by atoms with E-state index in [1.54, 1.807) is 13.3 Å². The first kappa shape index (κ1) is 12.5. The lowest BCUT2D eigenvalue weighted by atomic mass is 10.2. The van der Waals surface area contributed by atoms with Crippen LogP contribution in [0.3, 0.4) is 0 Å². The molecule has 20 heavy (non-hydrogen) atoms. The molecule has 0 saturated heterocycles. The first-order chi connectivity index (χ1) is 9.86. The molecule has 0 aliphatic heterocycles. The van der Waals surface area contributed by atoms with Crippen LogP contribution < -0.4 is 9.47 Å². The van der Waals surface area contributed by atoms with Crippen LogP contribution in [0.4, 0.5) is 0 Å². The van der Waals surface area contributed by atoms with Crippen LogP contribution in [0.15, 0.2) is 60.8 Å². The van der Waals surface area contributed by atoms with Gasteiger partial charge in [-0.3, -0.25) is 4.98 Å². The summed E-state index contributed by atoms with van der Waals surface area (Å²) in [5.41, 5.74) is 1.99. The Balaban J connectivity index is 1.79. The number of rotatable bonds is 4. The predicted octanol–water partition coefficient (Wildman–Crippen LogP) is 3.82. The topological polar surface area (TPSA) is 31.4 Å². The summed E-state index contributed by atoms with van der Waals surface area (Å²) in [6.45, 7) is 0.514. The lowest BCUT2D eigenvalue weighted by molar-refractivity contribution is 0.309. The molecule has 100 valence electrons. The molecular weight excluding hydrogens is 250 g/mol. The highest BCUT2D eigenvalue weighted by Crippen LogP contribution is 2.24. The summed E-state index contributed by atoms with van der Waals surface area (Å²) >= 11 is 0. The zero-order valence-corrected chi connectivity index (χ0v) is 11.2. The second kappa shape index (κ2) is 5.61. The highest BCUT2D eigenvalue weighted by atomic mass is 16.5. The van der Waals surface area contributed by atoms with E-state index in [2.05, 4.69) is 4.98 Å². The van der Waals surface area contributed by atoms with E-state index in [1.807, 2.05) is 54.6 Å². The molecule has 3 heteroatoms. The number of para-hydroxylation sites is 1.